The summed E-state index contributed by atoms with van der Waals surface area (Å²) in [6.07, 6.45) is 2.19. The van der Waals surface area contributed by atoms with Crippen LogP contribution in [-0.4, -0.2) is 35.0 Å². The number of likely N-dealkylation sites (tertiary alicyclic amines) is 1. The molecule has 0 N–H and O–H groups in total. The van der Waals surface area contributed by atoms with Gasteiger partial charge in [-0.05, 0) is 34.1 Å². The summed E-state index contributed by atoms with van der Waals surface area (Å²) in [4.78, 5) is 30.7. The van der Waals surface area contributed by atoms with Crippen molar-refractivity contribution >= 4 is 32.8 Å². The van der Waals surface area contributed by atoms with Crippen LogP contribution in [0.15, 0.2) is 62.3 Å². The van der Waals surface area contributed by atoms with Crippen molar-refractivity contribution in [1.29, 1.82) is 0 Å². The third-order valence-corrected chi connectivity index (χ3v) is 4.76. The molecule has 4 rings (SSSR count). The molecule has 2 aromatic heterocycles. The fourth-order valence-corrected chi connectivity index (χ4v) is 3.23. The highest BCUT2D eigenvalue weighted by Crippen LogP contribution is 2.20. The number of pyridine rings is 1. The molecule has 1 unspecified atom stereocenters. The maximum Gasteiger partial charge on any atom is 0.349 e. The van der Waals surface area contributed by atoms with E-state index in [-0.39, 0.29) is 17.6 Å². The molecule has 0 bridgehead atoms. The summed E-state index contributed by atoms with van der Waals surface area (Å²) in [5.74, 6) is 0.178. The van der Waals surface area contributed by atoms with Gasteiger partial charge in [-0.3, -0.25) is 4.79 Å². The van der Waals surface area contributed by atoms with E-state index in [1.165, 1.54) is 0 Å². The highest BCUT2D eigenvalue weighted by molar-refractivity contribution is 9.10. The van der Waals surface area contributed by atoms with Crippen molar-refractivity contribution in [2.75, 3.05) is 13.1 Å². The molecular weight excluding hydrogens is 400 g/mol. The predicted molar refractivity (Wildman–Crippen MR) is 99.4 cm³/mol. The summed E-state index contributed by atoms with van der Waals surface area (Å²) in [5, 5.41) is 0.724. The largest absolute Gasteiger partial charge is 0.472 e. The van der Waals surface area contributed by atoms with Gasteiger partial charge in [-0.1, -0.05) is 18.2 Å². The van der Waals surface area contributed by atoms with E-state index in [1.54, 1.807) is 35.4 Å². The van der Waals surface area contributed by atoms with Crippen molar-refractivity contribution in [2.45, 2.75) is 12.5 Å². The van der Waals surface area contributed by atoms with E-state index in [9.17, 15) is 9.59 Å². The molecule has 0 aliphatic carbocycles. The molecule has 1 saturated heterocycles. The molecular formula is C19H15BrN2O4. The zero-order chi connectivity index (χ0) is 18.1. The molecule has 3 heterocycles. The fraction of sp³-hybridized carbons (Fsp3) is 0.211. The monoisotopic (exact) mass is 414 g/mol. The molecule has 26 heavy (non-hydrogen) atoms. The van der Waals surface area contributed by atoms with Gasteiger partial charge in [0.05, 0.1) is 6.54 Å². The number of amides is 1. The Morgan fingerprint density at radius 3 is 2.92 bits per heavy atom. The molecule has 132 valence electrons. The normalized spacial score (nSPS) is 16.8. The van der Waals surface area contributed by atoms with Gasteiger partial charge in [-0.15, -0.1) is 0 Å². The van der Waals surface area contributed by atoms with E-state index in [2.05, 4.69) is 20.9 Å². The second-order valence-corrected chi connectivity index (χ2v) is 7.00. The highest BCUT2D eigenvalue weighted by atomic mass is 79.9. The molecule has 0 spiro atoms. The maximum absolute atomic E-state index is 12.7. The maximum atomic E-state index is 12.7. The zero-order valence-electron chi connectivity index (χ0n) is 13.7. The van der Waals surface area contributed by atoms with Crippen LogP contribution in [0.1, 0.15) is 16.8 Å². The number of aromatic nitrogens is 1. The van der Waals surface area contributed by atoms with Crippen LogP contribution in [0.4, 0.5) is 0 Å². The third kappa shape index (κ3) is 3.35. The summed E-state index contributed by atoms with van der Waals surface area (Å²) < 4.78 is 11.9. The van der Waals surface area contributed by atoms with E-state index in [1.807, 2.05) is 18.2 Å². The molecule has 6 nitrogen and oxygen atoms in total. The Bertz CT molecular complexity index is 1020. The standard InChI is InChI=1S/C19H15BrN2O4/c20-13-5-6-17(21-10-13)25-14-7-8-22(11-14)18(23)15-9-12-3-1-2-4-16(12)26-19(15)24/h1-6,9-10,14H,7-8,11H2. The number of nitrogens with zero attached hydrogens (tertiary/aromatic N) is 2. The van der Waals surface area contributed by atoms with E-state index < -0.39 is 5.63 Å². The van der Waals surface area contributed by atoms with Crippen molar-refractivity contribution < 1.29 is 13.9 Å². The number of benzene rings is 1. The lowest BCUT2D eigenvalue weighted by Crippen LogP contribution is -2.33. The van der Waals surface area contributed by atoms with Crippen molar-refractivity contribution in [3.05, 3.63) is 69.1 Å². The van der Waals surface area contributed by atoms with Crippen molar-refractivity contribution in [3.8, 4) is 5.88 Å². The van der Waals surface area contributed by atoms with Crippen LogP contribution in [-0.2, 0) is 0 Å². The highest BCUT2D eigenvalue weighted by Gasteiger charge is 2.30. The molecule has 7 heteroatoms. The van der Waals surface area contributed by atoms with Gasteiger partial charge in [0.15, 0.2) is 0 Å². The number of carbonyl (C=O) groups is 1. The molecule has 1 atom stereocenters. The molecule has 1 amide bonds. The van der Waals surface area contributed by atoms with Crippen molar-refractivity contribution in [3.63, 3.8) is 0 Å². The van der Waals surface area contributed by atoms with Gasteiger partial charge in [0.25, 0.3) is 5.91 Å². The van der Waals surface area contributed by atoms with Gasteiger partial charge in [0.2, 0.25) is 5.88 Å². The van der Waals surface area contributed by atoms with Crippen LogP contribution in [0.3, 0.4) is 0 Å². The average molecular weight is 415 g/mol. The molecule has 3 aromatic rings. The van der Waals surface area contributed by atoms with Crippen LogP contribution < -0.4 is 10.4 Å². The Balaban J connectivity index is 1.50. The number of para-hydroxylation sites is 1. The summed E-state index contributed by atoms with van der Waals surface area (Å²) in [7, 11) is 0. The number of fused-ring (bicyclic) bond motifs is 1. The number of hydrogen-bond acceptors (Lipinski definition) is 5. The van der Waals surface area contributed by atoms with E-state index in [0.717, 1.165) is 9.86 Å². The first kappa shape index (κ1) is 16.8. The second-order valence-electron chi connectivity index (χ2n) is 6.08. The lowest BCUT2D eigenvalue weighted by Gasteiger charge is -2.16. The second kappa shape index (κ2) is 6.92. The molecule has 1 aliphatic rings. The minimum atomic E-state index is -0.618. The van der Waals surface area contributed by atoms with Gasteiger partial charge < -0.3 is 14.1 Å². The number of rotatable bonds is 3. The van der Waals surface area contributed by atoms with Crippen LogP contribution in [0.5, 0.6) is 5.88 Å². The Hall–Kier alpha value is -2.67. The first-order valence-corrected chi connectivity index (χ1v) is 9.00. The summed E-state index contributed by atoms with van der Waals surface area (Å²) in [6.45, 7) is 0.926. The third-order valence-electron chi connectivity index (χ3n) is 4.29. The molecule has 0 saturated carbocycles. The summed E-state index contributed by atoms with van der Waals surface area (Å²) >= 11 is 3.33. The summed E-state index contributed by atoms with van der Waals surface area (Å²) in [6, 6.07) is 12.3. The lowest BCUT2D eigenvalue weighted by atomic mass is 10.1. The molecule has 1 aliphatic heterocycles. The minimum absolute atomic E-state index is 0.0473. The molecule has 1 aromatic carbocycles. The molecule has 0 radical (unpaired) electrons. The minimum Gasteiger partial charge on any atom is -0.472 e. The van der Waals surface area contributed by atoms with E-state index >= 15 is 0 Å². The van der Waals surface area contributed by atoms with Crippen LogP contribution >= 0.6 is 15.9 Å². The van der Waals surface area contributed by atoms with Crippen molar-refractivity contribution in [2.24, 2.45) is 0 Å². The number of halogens is 1. The molecule has 1 fully saturated rings. The van der Waals surface area contributed by atoms with Gasteiger partial charge in [-0.2, -0.15) is 0 Å². The van der Waals surface area contributed by atoms with E-state index in [4.69, 9.17) is 9.15 Å². The summed E-state index contributed by atoms with van der Waals surface area (Å²) in [5.41, 5.74) is -0.100. The van der Waals surface area contributed by atoms with Gasteiger partial charge in [-0.25, -0.2) is 9.78 Å². The first-order valence-electron chi connectivity index (χ1n) is 8.20. The van der Waals surface area contributed by atoms with Gasteiger partial charge in [0, 0.05) is 35.1 Å². The van der Waals surface area contributed by atoms with Crippen LogP contribution in [0, 0.1) is 0 Å². The predicted octanol–water partition coefficient (Wildman–Crippen LogP) is 3.24. The lowest BCUT2D eigenvalue weighted by molar-refractivity contribution is 0.0767. The van der Waals surface area contributed by atoms with Crippen molar-refractivity contribution in [1.82, 2.24) is 9.88 Å². The topological polar surface area (TPSA) is 72.6 Å². The Morgan fingerprint density at radius 2 is 2.12 bits per heavy atom. The average Bonchev–Trinajstić information content (AvgIpc) is 3.11. The number of carbonyl (C=O) groups excluding carboxylic acids is 1. The van der Waals surface area contributed by atoms with Gasteiger partial charge in [0.1, 0.15) is 17.3 Å². The smallest absolute Gasteiger partial charge is 0.349 e. The Kier molecular flexibility index (Phi) is 4.46. The first-order chi connectivity index (χ1) is 12.6. The number of ether oxygens (including phenoxy) is 1. The Labute approximate surface area is 157 Å². The number of hydrogen-bond donors (Lipinski definition) is 0. The quantitative estimate of drug-likeness (QED) is 0.615. The van der Waals surface area contributed by atoms with Crippen LogP contribution in [0.25, 0.3) is 11.0 Å². The zero-order valence-corrected chi connectivity index (χ0v) is 15.3. The SMILES string of the molecule is O=C(c1cc2ccccc2oc1=O)N1CCC(Oc2ccc(Br)cn2)C1. The van der Waals surface area contributed by atoms with Crippen LogP contribution in [0.2, 0.25) is 0 Å². The van der Waals surface area contributed by atoms with E-state index in [0.29, 0.717) is 31.0 Å². The Morgan fingerprint density at radius 1 is 1.27 bits per heavy atom. The van der Waals surface area contributed by atoms with Gasteiger partial charge >= 0.3 is 5.63 Å². The fourth-order valence-electron chi connectivity index (χ4n) is 2.99.